The van der Waals surface area contributed by atoms with Gasteiger partial charge in [0.05, 0.1) is 6.61 Å². The molecular weight excluding hydrogens is 134 g/mol. The second-order valence-corrected chi connectivity index (χ2v) is 1.77. The molecule has 0 aliphatic carbocycles. The van der Waals surface area contributed by atoms with Crippen LogP contribution in [-0.4, -0.2) is 40.8 Å². The van der Waals surface area contributed by atoms with Crippen molar-refractivity contribution in [2.24, 2.45) is 0 Å². The number of aliphatic hydroxyl groups is 1. The van der Waals surface area contributed by atoms with Crippen molar-refractivity contribution < 1.29 is 15.0 Å². The molecule has 0 aromatic carbocycles. The molecule has 58 valence electrons. The van der Waals surface area contributed by atoms with E-state index in [0.29, 0.717) is 6.54 Å². The first-order valence-corrected chi connectivity index (χ1v) is 2.90. The molecule has 4 nitrogen and oxygen atoms in total. The van der Waals surface area contributed by atoms with Crippen molar-refractivity contribution >= 4 is 5.97 Å². The number of hydrogen-bond donors (Lipinski definition) is 2. The van der Waals surface area contributed by atoms with Crippen molar-refractivity contribution in [1.82, 2.24) is 4.90 Å². The average molecular weight is 145 g/mol. The highest BCUT2D eigenvalue weighted by molar-refractivity contribution is 5.69. The van der Waals surface area contributed by atoms with Crippen molar-refractivity contribution in [3.8, 4) is 0 Å². The molecule has 0 amide bonds. The van der Waals surface area contributed by atoms with Gasteiger partial charge >= 0.3 is 5.97 Å². The summed E-state index contributed by atoms with van der Waals surface area (Å²) in [5, 5.41) is 16.7. The van der Waals surface area contributed by atoms with Gasteiger partial charge in [-0.3, -0.25) is 4.79 Å². The first-order chi connectivity index (χ1) is 4.70. The summed E-state index contributed by atoms with van der Waals surface area (Å²) < 4.78 is 0. The quantitative estimate of drug-likeness (QED) is 0.548. The van der Waals surface area contributed by atoms with Crippen LogP contribution in [0.2, 0.25) is 0 Å². The van der Waals surface area contributed by atoms with Gasteiger partial charge in [-0.1, -0.05) is 6.58 Å². The van der Waals surface area contributed by atoms with Crippen molar-refractivity contribution in [2.75, 3.05) is 19.7 Å². The third-order valence-electron chi connectivity index (χ3n) is 0.984. The van der Waals surface area contributed by atoms with Gasteiger partial charge in [0.2, 0.25) is 0 Å². The van der Waals surface area contributed by atoms with Crippen LogP contribution in [-0.2, 0) is 4.79 Å². The zero-order chi connectivity index (χ0) is 7.98. The van der Waals surface area contributed by atoms with Crippen molar-refractivity contribution in [3.63, 3.8) is 0 Å². The summed E-state index contributed by atoms with van der Waals surface area (Å²) in [4.78, 5) is 11.5. The summed E-state index contributed by atoms with van der Waals surface area (Å²) in [6.45, 7) is 3.54. The molecule has 0 aliphatic heterocycles. The van der Waals surface area contributed by atoms with Gasteiger partial charge in [-0.15, -0.1) is 0 Å². The predicted octanol–water partition coefficient (Wildman–Crippen LogP) is -0.491. The molecule has 0 rings (SSSR count). The Bertz CT molecular complexity index is 124. The second-order valence-electron chi connectivity index (χ2n) is 1.77. The lowest BCUT2D eigenvalue weighted by atomic mass is 10.5. The van der Waals surface area contributed by atoms with Crippen LogP contribution in [0.15, 0.2) is 12.8 Å². The van der Waals surface area contributed by atoms with Crippen LogP contribution >= 0.6 is 0 Å². The maximum absolute atomic E-state index is 10.1. The molecule has 0 unspecified atom stereocenters. The Morgan fingerprint density at radius 2 is 2.30 bits per heavy atom. The Kier molecular flexibility index (Phi) is 4.32. The van der Waals surface area contributed by atoms with Crippen LogP contribution in [0.4, 0.5) is 0 Å². The van der Waals surface area contributed by atoms with Gasteiger partial charge in [0.25, 0.3) is 0 Å². The first kappa shape index (κ1) is 8.97. The highest BCUT2D eigenvalue weighted by Gasteiger charge is 2.01. The topological polar surface area (TPSA) is 60.8 Å². The molecule has 0 radical (unpaired) electrons. The van der Waals surface area contributed by atoms with Crippen LogP contribution in [0, 0.1) is 0 Å². The largest absolute Gasteiger partial charge is 0.480 e. The van der Waals surface area contributed by atoms with Crippen molar-refractivity contribution in [1.29, 1.82) is 0 Å². The number of carboxylic acid groups (broad SMARTS) is 1. The molecule has 0 saturated carbocycles. The predicted molar refractivity (Wildman–Crippen MR) is 36.5 cm³/mol. The number of aliphatic hydroxyl groups excluding tert-OH is 1. The highest BCUT2D eigenvalue weighted by atomic mass is 16.4. The number of hydrogen-bond acceptors (Lipinski definition) is 3. The van der Waals surface area contributed by atoms with Crippen LogP contribution in [0.25, 0.3) is 0 Å². The summed E-state index contributed by atoms with van der Waals surface area (Å²) in [5.74, 6) is -0.923. The number of rotatable bonds is 5. The van der Waals surface area contributed by atoms with Gasteiger partial charge < -0.3 is 15.1 Å². The summed E-state index contributed by atoms with van der Waals surface area (Å²) in [7, 11) is 0. The Hall–Kier alpha value is -1.03. The lowest BCUT2D eigenvalue weighted by Gasteiger charge is -2.14. The fourth-order valence-electron chi connectivity index (χ4n) is 0.537. The fourth-order valence-corrected chi connectivity index (χ4v) is 0.537. The SMILES string of the molecule is C=CN(CCO)CC(=O)O. The molecule has 10 heavy (non-hydrogen) atoms. The lowest BCUT2D eigenvalue weighted by Crippen LogP contribution is -2.27. The number of carboxylic acids is 1. The summed E-state index contributed by atoms with van der Waals surface area (Å²) in [6.07, 6.45) is 1.39. The molecule has 0 aromatic heterocycles. The molecule has 0 bridgehead atoms. The van der Waals surface area contributed by atoms with Crippen molar-refractivity contribution in [2.45, 2.75) is 0 Å². The van der Waals surface area contributed by atoms with E-state index in [-0.39, 0.29) is 13.2 Å². The average Bonchev–Trinajstić information content (AvgIpc) is 1.86. The van der Waals surface area contributed by atoms with Crippen LogP contribution in [0.3, 0.4) is 0 Å². The third-order valence-corrected chi connectivity index (χ3v) is 0.984. The smallest absolute Gasteiger partial charge is 0.323 e. The van der Waals surface area contributed by atoms with Crippen LogP contribution in [0.5, 0.6) is 0 Å². The van der Waals surface area contributed by atoms with E-state index >= 15 is 0 Å². The van der Waals surface area contributed by atoms with Gasteiger partial charge in [-0.05, 0) is 6.20 Å². The number of aliphatic carboxylic acids is 1. The molecule has 2 N–H and O–H groups in total. The minimum absolute atomic E-state index is 0.0562. The molecule has 0 spiro atoms. The minimum Gasteiger partial charge on any atom is -0.480 e. The number of nitrogens with zero attached hydrogens (tertiary/aromatic N) is 1. The van der Waals surface area contributed by atoms with E-state index in [1.165, 1.54) is 11.1 Å². The standard InChI is InChI=1S/C6H11NO3/c1-2-7(3-4-8)5-6(9)10/h2,8H,1,3-5H2,(H,9,10). The normalized spacial score (nSPS) is 8.90. The van der Waals surface area contributed by atoms with Gasteiger partial charge in [-0.25, -0.2) is 0 Å². The molecule has 0 aromatic rings. The van der Waals surface area contributed by atoms with Crippen molar-refractivity contribution in [3.05, 3.63) is 12.8 Å². The molecule has 0 saturated heterocycles. The lowest BCUT2D eigenvalue weighted by molar-refractivity contribution is -0.137. The molecule has 0 heterocycles. The Morgan fingerprint density at radius 1 is 1.70 bits per heavy atom. The van der Waals surface area contributed by atoms with E-state index in [1.54, 1.807) is 0 Å². The molecule has 0 aliphatic rings. The Morgan fingerprint density at radius 3 is 2.60 bits per heavy atom. The van der Waals surface area contributed by atoms with Gasteiger partial charge in [-0.2, -0.15) is 0 Å². The molecule has 4 heteroatoms. The first-order valence-electron chi connectivity index (χ1n) is 2.90. The van der Waals surface area contributed by atoms with Crippen LogP contribution in [0.1, 0.15) is 0 Å². The Labute approximate surface area is 59.4 Å². The molecule has 0 atom stereocenters. The van der Waals surface area contributed by atoms with Gasteiger partial charge in [0, 0.05) is 6.54 Å². The summed E-state index contributed by atoms with van der Waals surface area (Å²) in [5.41, 5.74) is 0. The monoisotopic (exact) mass is 145 g/mol. The van der Waals surface area contributed by atoms with Gasteiger partial charge in [0.1, 0.15) is 6.54 Å². The number of carbonyl (C=O) groups is 1. The summed E-state index contributed by atoms with van der Waals surface area (Å²) in [6, 6.07) is 0. The summed E-state index contributed by atoms with van der Waals surface area (Å²) >= 11 is 0. The van der Waals surface area contributed by atoms with Gasteiger partial charge in [0.15, 0.2) is 0 Å². The minimum atomic E-state index is -0.923. The fraction of sp³-hybridized carbons (Fsp3) is 0.500. The zero-order valence-corrected chi connectivity index (χ0v) is 5.66. The van der Waals surface area contributed by atoms with E-state index < -0.39 is 5.97 Å². The van der Waals surface area contributed by atoms with E-state index in [1.807, 2.05) is 0 Å². The van der Waals surface area contributed by atoms with Crippen LogP contribution < -0.4 is 0 Å². The highest BCUT2D eigenvalue weighted by Crippen LogP contribution is 1.85. The molecular formula is C6H11NO3. The Balaban J connectivity index is 3.59. The second kappa shape index (κ2) is 4.81. The van der Waals surface area contributed by atoms with E-state index in [4.69, 9.17) is 10.2 Å². The van der Waals surface area contributed by atoms with E-state index in [9.17, 15) is 4.79 Å². The molecule has 0 fully saturated rings. The maximum Gasteiger partial charge on any atom is 0.323 e. The van der Waals surface area contributed by atoms with E-state index in [0.717, 1.165) is 0 Å². The third kappa shape index (κ3) is 3.91. The zero-order valence-electron chi connectivity index (χ0n) is 5.66. The van der Waals surface area contributed by atoms with E-state index in [2.05, 4.69) is 6.58 Å². The maximum atomic E-state index is 10.1.